The van der Waals surface area contributed by atoms with E-state index in [0.717, 1.165) is 49.0 Å². The Labute approximate surface area is 224 Å². The molecule has 2 heterocycles. The molecule has 1 aliphatic carbocycles. The molecule has 0 bridgehead atoms. The van der Waals surface area contributed by atoms with Crippen LogP contribution < -0.4 is 9.47 Å². The van der Waals surface area contributed by atoms with Crippen molar-refractivity contribution in [1.82, 2.24) is 0 Å². The van der Waals surface area contributed by atoms with Gasteiger partial charge in [0.05, 0.1) is 6.42 Å². The van der Waals surface area contributed by atoms with Gasteiger partial charge >= 0.3 is 5.97 Å². The first-order valence-electron chi connectivity index (χ1n) is 13.8. The van der Waals surface area contributed by atoms with Crippen LogP contribution in [0.1, 0.15) is 106 Å². The van der Waals surface area contributed by atoms with Gasteiger partial charge in [-0.1, -0.05) is 31.4 Å². The van der Waals surface area contributed by atoms with E-state index in [1.807, 2.05) is 6.07 Å². The van der Waals surface area contributed by atoms with Crippen LogP contribution in [-0.4, -0.2) is 17.4 Å². The van der Waals surface area contributed by atoms with Gasteiger partial charge in [0.2, 0.25) is 0 Å². The van der Waals surface area contributed by atoms with Crippen molar-refractivity contribution in [3.63, 3.8) is 0 Å². The van der Waals surface area contributed by atoms with E-state index in [1.165, 1.54) is 36.8 Å². The number of benzene rings is 2. The predicted molar refractivity (Wildman–Crippen MR) is 143 cm³/mol. The average Bonchev–Trinajstić information content (AvgIpc) is 2.83. The first kappa shape index (κ1) is 26.5. The van der Waals surface area contributed by atoms with Gasteiger partial charge in [-0.3, -0.25) is 4.79 Å². The minimum atomic E-state index is -1.69. The maximum Gasteiger partial charge on any atom is 0.345 e. The van der Waals surface area contributed by atoms with Crippen LogP contribution in [0.2, 0.25) is 0 Å². The Balaban J connectivity index is 1.75. The number of fused-ring (bicyclic) bond motifs is 5. The maximum absolute atomic E-state index is 13.9. The summed E-state index contributed by atoms with van der Waals surface area (Å²) in [5.41, 5.74) is 3.41. The van der Waals surface area contributed by atoms with Crippen molar-refractivity contribution < 1.29 is 28.2 Å². The van der Waals surface area contributed by atoms with Crippen LogP contribution in [0.3, 0.4) is 0 Å². The smallest absolute Gasteiger partial charge is 0.345 e. The van der Waals surface area contributed by atoms with E-state index >= 15 is 0 Å². The molecule has 2 aliphatic heterocycles. The molecule has 2 aromatic carbocycles. The van der Waals surface area contributed by atoms with Crippen LogP contribution in [0.4, 0.5) is 4.39 Å². The molecule has 3 aliphatic rings. The number of ketones is 1. The Kier molecular flexibility index (Phi) is 6.87. The molecule has 2 aromatic rings. The SMILES string of the molecule is CCCCCc1cc2c(c3c1C(=O)OC(CC(C)=O)(c1ccc(F)cc1)O3)C1C=C(C)CCC1C(C)(C)O2. The predicted octanol–water partition coefficient (Wildman–Crippen LogP) is 7.55. The highest BCUT2D eigenvalue weighted by Crippen LogP contribution is 2.57. The summed E-state index contributed by atoms with van der Waals surface area (Å²) in [6.45, 7) is 9.97. The van der Waals surface area contributed by atoms with Crippen LogP contribution >= 0.6 is 0 Å². The van der Waals surface area contributed by atoms with Crippen LogP contribution in [0.25, 0.3) is 0 Å². The molecule has 3 unspecified atom stereocenters. The lowest BCUT2D eigenvalue weighted by molar-refractivity contribution is -0.172. The van der Waals surface area contributed by atoms with E-state index < -0.39 is 23.2 Å². The van der Waals surface area contributed by atoms with Gasteiger partial charge in [0.15, 0.2) is 0 Å². The number of hydrogen-bond acceptors (Lipinski definition) is 5. The molecule has 38 heavy (non-hydrogen) atoms. The maximum atomic E-state index is 13.9. The molecule has 0 spiro atoms. The van der Waals surface area contributed by atoms with Gasteiger partial charge in [0.25, 0.3) is 5.79 Å². The third kappa shape index (κ3) is 4.63. The van der Waals surface area contributed by atoms with Gasteiger partial charge in [0.1, 0.15) is 34.3 Å². The van der Waals surface area contributed by atoms with E-state index in [9.17, 15) is 14.0 Å². The Hall–Kier alpha value is -3.15. The number of ether oxygens (including phenoxy) is 3. The number of aryl methyl sites for hydroxylation is 1. The van der Waals surface area contributed by atoms with E-state index in [0.29, 0.717) is 23.3 Å². The van der Waals surface area contributed by atoms with Crippen molar-refractivity contribution in [2.75, 3.05) is 0 Å². The first-order valence-corrected chi connectivity index (χ1v) is 13.8. The zero-order valence-electron chi connectivity index (χ0n) is 23.0. The van der Waals surface area contributed by atoms with Gasteiger partial charge in [-0.05, 0) is 89.3 Å². The molecule has 0 radical (unpaired) electrons. The zero-order chi connectivity index (χ0) is 27.2. The number of unbranched alkanes of at least 4 members (excludes halogenated alkanes) is 2. The second-order valence-corrected chi connectivity index (χ2v) is 11.6. The van der Waals surface area contributed by atoms with Crippen LogP contribution in [0.15, 0.2) is 42.0 Å². The molecule has 0 saturated heterocycles. The van der Waals surface area contributed by atoms with Gasteiger partial charge in [-0.2, -0.15) is 0 Å². The van der Waals surface area contributed by atoms with Gasteiger partial charge in [-0.25, -0.2) is 9.18 Å². The molecule has 0 N–H and O–H groups in total. The van der Waals surface area contributed by atoms with Gasteiger partial charge in [0, 0.05) is 23.0 Å². The molecule has 5 nitrogen and oxygen atoms in total. The first-order chi connectivity index (χ1) is 18.0. The molecule has 3 atom stereocenters. The van der Waals surface area contributed by atoms with Crippen molar-refractivity contribution in [1.29, 1.82) is 0 Å². The van der Waals surface area contributed by atoms with Crippen molar-refractivity contribution in [2.45, 2.75) is 96.9 Å². The Morgan fingerprint density at radius 2 is 1.84 bits per heavy atom. The van der Waals surface area contributed by atoms with Gasteiger partial charge < -0.3 is 14.2 Å². The summed E-state index contributed by atoms with van der Waals surface area (Å²) in [7, 11) is 0. The summed E-state index contributed by atoms with van der Waals surface area (Å²) in [6.07, 6.45) is 7.74. The standard InChI is InChI=1S/C32H37FO5/c1-6-7-8-9-21-17-26-28(24-16-19(2)10-15-25(24)31(4,5)36-26)29-27(21)30(35)38-32(37-29,18-20(3)34)22-11-13-23(33)14-12-22/h11-14,16-17,24-25H,6-10,15,18H2,1-5H3. The minimum absolute atomic E-state index is 0.00455. The number of carbonyl (C=O) groups excluding carboxylic acids is 2. The minimum Gasteiger partial charge on any atom is -0.487 e. The van der Waals surface area contributed by atoms with Crippen LogP contribution in [0.5, 0.6) is 11.5 Å². The van der Waals surface area contributed by atoms with E-state index in [-0.39, 0.29) is 24.0 Å². The Morgan fingerprint density at radius 1 is 1.11 bits per heavy atom. The summed E-state index contributed by atoms with van der Waals surface area (Å²) >= 11 is 0. The summed E-state index contributed by atoms with van der Waals surface area (Å²) in [5, 5.41) is 0. The number of halogens is 1. The lowest BCUT2D eigenvalue weighted by atomic mass is 9.67. The van der Waals surface area contributed by atoms with E-state index in [1.54, 1.807) is 0 Å². The monoisotopic (exact) mass is 520 g/mol. The highest BCUT2D eigenvalue weighted by atomic mass is 19.1. The summed E-state index contributed by atoms with van der Waals surface area (Å²) in [6, 6.07) is 7.60. The fourth-order valence-electron chi connectivity index (χ4n) is 6.40. The molecule has 0 saturated carbocycles. The number of rotatable bonds is 7. The molecule has 0 aromatic heterocycles. The third-order valence-electron chi connectivity index (χ3n) is 8.25. The van der Waals surface area contributed by atoms with Crippen LogP contribution in [0, 0.1) is 11.7 Å². The number of allylic oxidation sites excluding steroid dienone is 2. The fraction of sp³-hybridized carbons (Fsp3) is 0.500. The van der Waals surface area contributed by atoms with E-state index in [4.69, 9.17) is 14.2 Å². The van der Waals surface area contributed by atoms with E-state index in [2.05, 4.69) is 33.8 Å². The number of hydrogen-bond donors (Lipinski definition) is 0. The summed E-state index contributed by atoms with van der Waals surface area (Å²) in [4.78, 5) is 26.4. The molecule has 0 amide bonds. The second-order valence-electron chi connectivity index (χ2n) is 11.6. The second kappa shape index (κ2) is 9.87. The third-order valence-corrected chi connectivity index (χ3v) is 8.25. The zero-order valence-corrected chi connectivity index (χ0v) is 23.0. The van der Waals surface area contributed by atoms with Crippen molar-refractivity contribution >= 4 is 11.8 Å². The largest absolute Gasteiger partial charge is 0.487 e. The molecular formula is C32H37FO5. The van der Waals surface area contributed by atoms with Crippen molar-refractivity contribution in [3.05, 3.63) is 70.1 Å². The van der Waals surface area contributed by atoms with Crippen molar-refractivity contribution in [2.24, 2.45) is 5.92 Å². The topological polar surface area (TPSA) is 61.8 Å². The van der Waals surface area contributed by atoms with Crippen LogP contribution in [-0.2, 0) is 21.7 Å². The molecule has 202 valence electrons. The molecule has 5 rings (SSSR count). The normalized spacial score (nSPS) is 25.1. The quantitative estimate of drug-likeness (QED) is 0.214. The Bertz CT molecular complexity index is 1290. The molecule has 6 heteroatoms. The van der Waals surface area contributed by atoms with Gasteiger partial charge in [-0.15, -0.1) is 0 Å². The average molecular weight is 521 g/mol. The molecule has 0 fully saturated rings. The number of cyclic esters (lactones) is 1. The fourth-order valence-corrected chi connectivity index (χ4v) is 6.40. The number of esters is 1. The summed E-state index contributed by atoms with van der Waals surface area (Å²) in [5.74, 6) is -1.49. The lowest BCUT2D eigenvalue weighted by Crippen LogP contribution is -2.48. The highest BCUT2D eigenvalue weighted by molar-refractivity contribution is 5.97. The number of Topliss-reactive ketones (excluding diaryl/α,β-unsaturated/α-hetero) is 1. The number of carbonyl (C=O) groups is 2. The molecular weight excluding hydrogens is 483 g/mol. The lowest BCUT2D eigenvalue weighted by Gasteiger charge is -2.48. The Morgan fingerprint density at radius 3 is 2.53 bits per heavy atom. The summed E-state index contributed by atoms with van der Waals surface area (Å²) < 4.78 is 33.2. The highest BCUT2D eigenvalue weighted by Gasteiger charge is 2.51. The van der Waals surface area contributed by atoms with Crippen molar-refractivity contribution in [3.8, 4) is 11.5 Å².